The number of hydrogen-bond donors (Lipinski definition) is 2. The smallest absolute Gasteiger partial charge is 0.291 e. The van der Waals surface area contributed by atoms with Gasteiger partial charge in [0.25, 0.3) is 11.8 Å². The van der Waals surface area contributed by atoms with Crippen LogP contribution in [0.3, 0.4) is 0 Å². The summed E-state index contributed by atoms with van der Waals surface area (Å²) in [4.78, 5) is 27.3. The lowest BCUT2D eigenvalue weighted by molar-refractivity contribution is -0.116. The molecule has 3 rings (SSSR count). The molecule has 7 heteroatoms. The molecule has 6 nitrogen and oxygen atoms in total. The van der Waals surface area contributed by atoms with Crippen LogP contribution in [0.25, 0.3) is 0 Å². The van der Waals surface area contributed by atoms with Crippen molar-refractivity contribution >= 4 is 29.3 Å². The van der Waals surface area contributed by atoms with Crippen molar-refractivity contribution in [2.45, 2.75) is 32.7 Å². The maximum absolute atomic E-state index is 12.6. The Morgan fingerprint density at radius 2 is 2.19 bits per heavy atom. The molecule has 2 N–H and O–H groups in total. The fourth-order valence-corrected chi connectivity index (χ4v) is 4.05. The number of carbonyl (C=O) groups excluding carboxylic acids is 2. The quantitative estimate of drug-likeness (QED) is 0.783. The molecule has 0 bridgehead atoms. The number of amides is 2. The molecule has 27 heavy (non-hydrogen) atoms. The summed E-state index contributed by atoms with van der Waals surface area (Å²) in [5.74, 6) is 0.771. The minimum Gasteiger partial charge on any atom is -0.487 e. The Morgan fingerprint density at radius 3 is 2.93 bits per heavy atom. The van der Waals surface area contributed by atoms with Gasteiger partial charge in [-0.05, 0) is 50.6 Å². The zero-order valence-corrected chi connectivity index (χ0v) is 16.7. The van der Waals surface area contributed by atoms with Crippen molar-refractivity contribution in [1.82, 2.24) is 10.2 Å². The fourth-order valence-electron chi connectivity index (χ4n) is 3.42. The molecule has 0 spiro atoms. The minimum absolute atomic E-state index is 0.114. The number of thioether (sulfide) groups is 1. The van der Waals surface area contributed by atoms with E-state index in [0.29, 0.717) is 36.2 Å². The average molecular weight is 390 g/mol. The van der Waals surface area contributed by atoms with E-state index >= 15 is 0 Å². The Labute approximate surface area is 164 Å². The predicted molar refractivity (Wildman–Crippen MR) is 109 cm³/mol. The molecule has 1 atom stereocenters. The number of carbonyl (C=O) groups is 2. The van der Waals surface area contributed by atoms with Crippen molar-refractivity contribution < 1.29 is 14.3 Å². The lowest BCUT2D eigenvalue weighted by Crippen LogP contribution is -2.40. The van der Waals surface area contributed by atoms with Crippen LogP contribution in [0.2, 0.25) is 0 Å². The number of nitrogens with one attached hydrogen (secondary N) is 2. The number of hydrogen-bond acceptors (Lipinski definition) is 5. The van der Waals surface area contributed by atoms with Gasteiger partial charge in [-0.15, -0.1) is 11.8 Å². The number of nitrogens with zero attached hydrogens (tertiary/aromatic N) is 1. The Balaban J connectivity index is 1.62. The second kappa shape index (κ2) is 9.28. The highest BCUT2D eigenvalue weighted by molar-refractivity contribution is 8.02. The second-order valence-electron chi connectivity index (χ2n) is 6.82. The van der Waals surface area contributed by atoms with Crippen molar-refractivity contribution in [2.75, 3.05) is 37.3 Å². The summed E-state index contributed by atoms with van der Waals surface area (Å²) < 4.78 is 5.39. The molecular formula is C20H27N3O3S. The van der Waals surface area contributed by atoms with Crippen molar-refractivity contribution in [3.05, 3.63) is 40.5 Å². The number of likely N-dealkylation sites (N-methyl/N-ethyl adjacent to an activating group) is 1. The summed E-state index contributed by atoms with van der Waals surface area (Å²) >= 11 is 1.56. The summed E-state index contributed by atoms with van der Waals surface area (Å²) in [6, 6.07) is 5.78. The van der Waals surface area contributed by atoms with Crippen LogP contribution in [0, 0.1) is 6.92 Å². The Hall–Kier alpha value is -1.99. The Kier molecular flexibility index (Phi) is 6.79. The third-order valence-electron chi connectivity index (χ3n) is 5.02. The van der Waals surface area contributed by atoms with Crippen molar-refractivity contribution in [3.8, 4) is 0 Å². The molecule has 0 aromatic heterocycles. The third kappa shape index (κ3) is 5.05. The topological polar surface area (TPSA) is 70.7 Å². The number of anilines is 1. The summed E-state index contributed by atoms with van der Waals surface area (Å²) in [6.45, 7) is 7.35. The zero-order valence-electron chi connectivity index (χ0n) is 15.9. The number of ether oxygens (including phenoxy) is 1. The molecule has 146 valence electrons. The molecule has 2 heterocycles. The molecule has 0 saturated carbocycles. The summed E-state index contributed by atoms with van der Waals surface area (Å²) in [6.07, 6.45) is 2.31. The van der Waals surface area contributed by atoms with Gasteiger partial charge in [0.1, 0.15) is 0 Å². The summed E-state index contributed by atoms with van der Waals surface area (Å²) in [7, 11) is 0. The van der Waals surface area contributed by atoms with Crippen LogP contribution in [0.5, 0.6) is 0 Å². The van der Waals surface area contributed by atoms with E-state index in [1.165, 1.54) is 6.42 Å². The van der Waals surface area contributed by atoms with Crippen molar-refractivity contribution in [1.29, 1.82) is 0 Å². The van der Waals surface area contributed by atoms with E-state index < -0.39 is 0 Å². The molecule has 0 radical (unpaired) electrons. The van der Waals surface area contributed by atoms with E-state index in [1.807, 2.05) is 13.0 Å². The number of aryl methyl sites for hydroxylation is 1. The van der Waals surface area contributed by atoms with Gasteiger partial charge in [0.05, 0.1) is 6.61 Å². The molecular weight excluding hydrogens is 362 g/mol. The number of benzene rings is 1. The number of likely N-dealkylation sites (tertiary alicyclic amines) is 1. The van der Waals surface area contributed by atoms with Crippen LogP contribution in [-0.2, 0) is 9.53 Å². The van der Waals surface area contributed by atoms with Gasteiger partial charge in [-0.2, -0.15) is 0 Å². The first kappa shape index (κ1) is 19.8. The molecule has 1 aromatic carbocycles. The lowest BCUT2D eigenvalue weighted by Gasteiger charge is -2.23. The van der Waals surface area contributed by atoms with Crippen molar-refractivity contribution in [3.63, 3.8) is 0 Å². The highest BCUT2D eigenvalue weighted by atomic mass is 32.2. The van der Waals surface area contributed by atoms with Crippen LogP contribution in [0.15, 0.2) is 29.4 Å². The SMILES string of the molecule is CCN1CCC[C@@H]1CNC(=O)c1ccc(C)c(NC(=O)C2=CSCCO2)c1. The maximum atomic E-state index is 12.6. The summed E-state index contributed by atoms with van der Waals surface area (Å²) in [5.41, 5.74) is 2.07. The molecule has 0 aliphatic carbocycles. The Bertz CT molecular complexity index is 735. The lowest BCUT2D eigenvalue weighted by atomic mass is 10.1. The molecule has 2 aliphatic rings. The molecule has 1 fully saturated rings. The van der Waals surface area contributed by atoms with E-state index in [-0.39, 0.29) is 11.8 Å². The van der Waals surface area contributed by atoms with Crippen LogP contribution in [-0.4, -0.2) is 54.8 Å². The molecule has 0 unspecified atom stereocenters. The van der Waals surface area contributed by atoms with Gasteiger partial charge in [0.15, 0.2) is 5.76 Å². The molecule has 1 saturated heterocycles. The fraction of sp³-hybridized carbons (Fsp3) is 0.500. The molecule has 2 aliphatic heterocycles. The van der Waals surface area contributed by atoms with Crippen LogP contribution < -0.4 is 10.6 Å². The first-order valence-corrected chi connectivity index (χ1v) is 10.5. The van der Waals surface area contributed by atoms with Crippen LogP contribution in [0.1, 0.15) is 35.7 Å². The largest absolute Gasteiger partial charge is 0.487 e. The van der Waals surface area contributed by atoms with E-state index in [0.717, 1.165) is 30.8 Å². The van der Waals surface area contributed by atoms with Gasteiger partial charge in [-0.25, -0.2) is 0 Å². The minimum atomic E-state index is -0.285. The molecule has 1 aromatic rings. The van der Waals surface area contributed by atoms with E-state index in [9.17, 15) is 9.59 Å². The van der Waals surface area contributed by atoms with Gasteiger partial charge < -0.3 is 15.4 Å². The zero-order chi connectivity index (χ0) is 19.2. The van der Waals surface area contributed by atoms with Gasteiger partial charge in [0, 0.05) is 35.0 Å². The van der Waals surface area contributed by atoms with Gasteiger partial charge >= 0.3 is 0 Å². The van der Waals surface area contributed by atoms with Gasteiger partial charge in [-0.1, -0.05) is 13.0 Å². The van der Waals surface area contributed by atoms with E-state index in [2.05, 4.69) is 22.5 Å². The second-order valence-corrected chi connectivity index (χ2v) is 7.80. The van der Waals surface area contributed by atoms with Crippen LogP contribution >= 0.6 is 11.8 Å². The summed E-state index contributed by atoms with van der Waals surface area (Å²) in [5, 5.41) is 7.62. The highest BCUT2D eigenvalue weighted by Crippen LogP contribution is 2.21. The standard InChI is InChI=1S/C20H27N3O3S/c1-3-23-8-4-5-16(23)12-21-19(24)15-7-6-14(2)17(11-15)22-20(25)18-13-27-10-9-26-18/h6-7,11,13,16H,3-5,8-10,12H2,1-2H3,(H,21,24)(H,22,25)/t16-/m1/s1. The third-order valence-corrected chi connectivity index (χ3v) is 5.81. The molecule has 2 amide bonds. The van der Waals surface area contributed by atoms with E-state index in [4.69, 9.17) is 4.74 Å². The first-order valence-electron chi connectivity index (χ1n) is 9.47. The Morgan fingerprint density at radius 1 is 1.33 bits per heavy atom. The van der Waals surface area contributed by atoms with Crippen LogP contribution in [0.4, 0.5) is 5.69 Å². The average Bonchev–Trinajstić information content (AvgIpc) is 3.16. The van der Waals surface area contributed by atoms with Gasteiger partial charge in [-0.3, -0.25) is 14.5 Å². The van der Waals surface area contributed by atoms with E-state index in [1.54, 1.807) is 29.3 Å². The monoisotopic (exact) mass is 389 g/mol. The normalized spacial score (nSPS) is 19.9. The maximum Gasteiger partial charge on any atom is 0.291 e. The number of rotatable bonds is 6. The first-order chi connectivity index (χ1) is 13.1. The predicted octanol–water partition coefficient (Wildman–Crippen LogP) is 2.75. The highest BCUT2D eigenvalue weighted by Gasteiger charge is 2.23. The van der Waals surface area contributed by atoms with Crippen molar-refractivity contribution in [2.24, 2.45) is 0 Å². The van der Waals surface area contributed by atoms with Gasteiger partial charge in [0.2, 0.25) is 0 Å².